The summed E-state index contributed by atoms with van der Waals surface area (Å²) in [4.78, 5) is 0. The van der Waals surface area contributed by atoms with Crippen LogP contribution in [0, 0.1) is 22.2 Å². The van der Waals surface area contributed by atoms with Gasteiger partial charge in [-0.25, -0.2) is 0 Å². The maximum absolute atomic E-state index is 6.76. The van der Waals surface area contributed by atoms with E-state index in [2.05, 4.69) is 78.5 Å². The molecule has 2 heteroatoms. The van der Waals surface area contributed by atoms with Crippen molar-refractivity contribution in [1.29, 1.82) is 0 Å². The third-order valence-corrected chi connectivity index (χ3v) is 7.04. The standard InChI is InChI=1S/C20H42BP/c1-11-15(19(8,9)20(10,22)12-2)16(21)13-18(6,7)14-17(3,4)5/h15-16H,11-14,22H2,1-10H3. The highest BCUT2D eigenvalue weighted by Gasteiger charge is 2.44. The van der Waals surface area contributed by atoms with Crippen LogP contribution in [0.25, 0.3) is 0 Å². The van der Waals surface area contributed by atoms with Crippen LogP contribution in [0.1, 0.15) is 94.9 Å². The van der Waals surface area contributed by atoms with E-state index >= 15 is 0 Å². The number of rotatable bonds is 8. The summed E-state index contributed by atoms with van der Waals surface area (Å²) in [7, 11) is 9.87. The Hall–Kier alpha value is 0.495. The fourth-order valence-electron chi connectivity index (χ4n) is 4.52. The smallest absolute Gasteiger partial charge is 0.0703 e. The molecule has 0 aliphatic heterocycles. The van der Waals surface area contributed by atoms with Crippen LogP contribution in [0.4, 0.5) is 0 Å². The highest BCUT2D eigenvalue weighted by molar-refractivity contribution is 7.19. The lowest BCUT2D eigenvalue weighted by atomic mass is 9.55. The van der Waals surface area contributed by atoms with Crippen LogP contribution in [0.2, 0.25) is 5.82 Å². The van der Waals surface area contributed by atoms with Crippen molar-refractivity contribution in [3.63, 3.8) is 0 Å². The first-order valence-corrected chi connectivity index (χ1v) is 9.72. The molecule has 4 unspecified atom stereocenters. The second-order valence-electron chi connectivity index (χ2n) is 10.3. The van der Waals surface area contributed by atoms with E-state index in [0.29, 0.717) is 16.7 Å². The molecule has 0 N–H and O–H groups in total. The average molecular weight is 324 g/mol. The Kier molecular flexibility index (Phi) is 7.76. The van der Waals surface area contributed by atoms with Gasteiger partial charge in [-0.15, -0.1) is 9.24 Å². The lowest BCUT2D eigenvalue weighted by Gasteiger charge is -2.50. The molecule has 0 fully saturated rings. The minimum absolute atomic E-state index is 0.221. The van der Waals surface area contributed by atoms with Crippen LogP contribution < -0.4 is 0 Å². The average Bonchev–Trinajstić information content (AvgIpc) is 2.24. The topological polar surface area (TPSA) is 0 Å². The number of hydrogen-bond acceptors (Lipinski definition) is 0. The van der Waals surface area contributed by atoms with Crippen LogP contribution >= 0.6 is 9.24 Å². The molecule has 0 heterocycles. The zero-order chi connectivity index (χ0) is 18.0. The van der Waals surface area contributed by atoms with E-state index in [1.807, 2.05) is 0 Å². The monoisotopic (exact) mass is 324 g/mol. The van der Waals surface area contributed by atoms with E-state index in [9.17, 15) is 0 Å². The predicted octanol–water partition coefficient (Wildman–Crippen LogP) is 6.89. The van der Waals surface area contributed by atoms with Gasteiger partial charge in [0.05, 0.1) is 7.85 Å². The van der Waals surface area contributed by atoms with Crippen LogP contribution in [0.3, 0.4) is 0 Å². The molecule has 0 rings (SSSR count). The van der Waals surface area contributed by atoms with E-state index in [1.165, 1.54) is 12.8 Å². The minimum Gasteiger partial charge on any atom is -0.131 e. The number of hydrogen-bond donors (Lipinski definition) is 0. The molecule has 0 bridgehead atoms. The molecule has 0 spiro atoms. The lowest BCUT2D eigenvalue weighted by Crippen LogP contribution is -2.44. The Bertz CT molecular complexity index is 336. The molecule has 0 saturated heterocycles. The third kappa shape index (κ3) is 6.18. The fraction of sp³-hybridized carbons (Fsp3) is 1.00. The summed E-state index contributed by atoms with van der Waals surface area (Å²) in [6.45, 7) is 23.6. The first-order chi connectivity index (χ1) is 9.59. The summed E-state index contributed by atoms with van der Waals surface area (Å²) in [5, 5.41) is 0.236. The van der Waals surface area contributed by atoms with Gasteiger partial charge in [-0.2, -0.15) is 0 Å². The molecule has 0 amide bonds. The molecule has 2 radical (unpaired) electrons. The second-order valence-corrected chi connectivity index (χ2v) is 11.6. The Balaban J connectivity index is 5.19. The Morgan fingerprint density at radius 2 is 1.36 bits per heavy atom. The van der Waals surface area contributed by atoms with Crippen molar-refractivity contribution in [1.82, 2.24) is 0 Å². The molecule has 0 aromatic heterocycles. The van der Waals surface area contributed by atoms with Gasteiger partial charge in [0.2, 0.25) is 0 Å². The second kappa shape index (κ2) is 7.59. The molecule has 22 heavy (non-hydrogen) atoms. The first-order valence-electron chi connectivity index (χ1n) is 9.14. The van der Waals surface area contributed by atoms with Gasteiger partial charge in [0.25, 0.3) is 0 Å². The van der Waals surface area contributed by atoms with Gasteiger partial charge in [-0.05, 0) is 40.2 Å². The summed E-state index contributed by atoms with van der Waals surface area (Å²) in [5.74, 6) is 0.818. The van der Waals surface area contributed by atoms with Gasteiger partial charge < -0.3 is 0 Å². The van der Waals surface area contributed by atoms with Crippen molar-refractivity contribution in [3.8, 4) is 0 Å². The van der Waals surface area contributed by atoms with Gasteiger partial charge in [-0.3, -0.25) is 0 Å². The van der Waals surface area contributed by atoms with E-state index in [1.54, 1.807) is 0 Å². The van der Waals surface area contributed by atoms with Crippen molar-refractivity contribution in [2.24, 2.45) is 22.2 Å². The largest absolute Gasteiger partial charge is 0.131 e. The van der Waals surface area contributed by atoms with Crippen LogP contribution in [-0.4, -0.2) is 13.0 Å². The summed E-state index contributed by atoms with van der Waals surface area (Å²) >= 11 is 0. The fourth-order valence-corrected chi connectivity index (χ4v) is 4.73. The molecule has 0 aromatic carbocycles. The van der Waals surface area contributed by atoms with Gasteiger partial charge in [-0.1, -0.05) is 87.9 Å². The Morgan fingerprint density at radius 1 is 0.909 bits per heavy atom. The molecule has 0 aliphatic carbocycles. The SMILES string of the molecule is [B]C(CC(C)(C)CC(C)(C)C)C(CC)C(C)(C)C(C)(P)CC. The van der Waals surface area contributed by atoms with Gasteiger partial charge in [0, 0.05) is 0 Å². The third-order valence-electron chi connectivity index (χ3n) is 5.89. The van der Waals surface area contributed by atoms with E-state index in [-0.39, 0.29) is 16.4 Å². The molecule has 0 saturated carbocycles. The molecular weight excluding hydrogens is 282 g/mol. The van der Waals surface area contributed by atoms with Crippen molar-refractivity contribution in [3.05, 3.63) is 0 Å². The van der Waals surface area contributed by atoms with Crippen molar-refractivity contribution in [2.75, 3.05) is 0 Å². The van der Waals surface area contributed by atoms with E-state index in [4.69, 9.17) is 7.85 Å². The lowest BCUT2D eigenvalue weighted by molar-refractivity contribution is 0.108. The zero-order valence-corrected chi connectivity index (χ0v) is 18.3. The minimum atomic E-state index is 0.221. The highest BCUT2D eigenvalue weighted by atomic mass is 31.0. The predicted molar refractivity (Wildman–Crippen MR) is 108 cm³/mol. The van der Waals surface area contributed by atoms with Gasteiger partial charge in [0.15, 0.2) is 0 Å². The molecule has 0 aliphatic rings. The quantitative estimate of drug-likeness (QED) is 0.337. The molecule has 4 atom stereocenters. The summed E-state index contributed by atoms with van der Waals surface area (Å²) in [5.41, 5.74) is 0.877. The van der Waals surface area contributed by atoms with E-state index in [0.717, 1.165) is 12.8 Å². The normalized spacial score (nSPS) is 19.6. The first kappa shape index (κ1) is 22.5. The van der Waals surface area contributed by atoms with Gasteiger partial charge >= 0.3 is 0 Å². The Labute approximate surface area is 145 Å². The van der Waals surface area contributed by atoms with E-state index < -0.39 is 0 Å². The highest BCUT2D eigenvalue weighted by Crippen LogP contribution is 2.53. The van der Waals surface area contributed by atoms with Crippen LogP contribution in [0.15, 0.2) is 0 Å². The summed E-state index contributed by atoms with van der Waals surface area (Å²) in [6, 6.07) is 0. The van der Waals surface area contributed by atoms with Crippen LogP contribution in [-0.2, 0) is 0 Å². The Morgan fingerprint density at radius 3 is 1.68 bits per heavy atom. The summed E-state index contributed by atoms with van der Waals surface area (Å²) in [6.07, 6.45) is 4.65. The van der Waals surface area contributed by atoms with Crippen molar-refractivity contribution < 1.29 is 0 Å². The maximum Gasteiger partial charge on any atom is 0.0703 e. The van der Waals surface area contributed by atoms with Gasteiger partial charge in [0.1, 0.15) is 0 Å². The molecule has 130 valence electrons. The van der Waals surface area contributed by atoms with Crippen LogP contribution in [0.5, 0.6) is 0 Å². The van der Waals surface area contributed by atoms with Crippen molar-refractivity contribution >= 4 is 17.1 Å². The molecule has 0 aromatic rings. The van der Waals surface area contributed by atoms with Crippen molar-refractivity contribution in [2.45, 2.75) is 106 Å². The maximum atomic E-state index is 6.76. The molecule has 0 nitrogen and oxygen atoms in total. The summed E-state index contributed by atoms with van der Waals surface area (Å²) < 4.78 is 0. The molecular formula is C20H42BP. The zero-order valence-electron chi connectivity index (χ0n) is 17.1.